The van der Waals surface area contributed by atoms with Crippen LogP contribution in [-0.2, 0) is 11.0 Å². The number of aromatic amines is 1. The van der Waals surface area contributed by atoms with Crippen molar-refractivity contribution in [3.8, 4) is 11.5 Å². The van der Waals surface area contributed by atoms with Gasteiger partial charge < -0.3 is 25.8 Å². The number of para-hydroxylation sites is 1. The summed E-state index contributed by atoms with van der Waals surface area (Å²) in [6, 6.07) is 8.90. The number of rotatable bonds is 8. The minimum atomic E-state index is -4.64. The second-order valence-corrected chi connectivity index (χ2v) is 8.00. The van der Waals surface area contributed by atoms with Crippen LogP contribution in [0.5, 0.6) is 11.5 Å². The number of hydrogen-bond acceptors (Lipinski definition) is 8. The molecule has 14 heteroatoms. The van der Waals surface area contributed by atoms with Crippen molar-refractivity contribution in [3.63, 3.8) is 0 Å². The number of anilines is 3. The van der Waals surface area contributed by atoms with E-state index in [-0.39, 0.29) is 28.0 Å². The van der Waals surface area contributed by atoms with Gasteiger partial charge >= 0.3 is 6.18 Å². The summed E-state index contributed by atoms with van der Waals surface area (Å²) in [7, 11) is 2.84. The first-order chi connectivity index (χ1) is 17.0. The van der Waals surface area contributed by atoms with Gasteiger partial charge in [0.15, 0.2) is 22.5 Å². The van der Waals surface area contributed by atoms with Crippen LogP contribution in [0.4, 0.5) is 30.4 Å². The second-order valence-electron chi connectivity index (χ2n) is 7.04. The summed E-state index contributed by atoms with van der Waals surface area (Å²) in [4.78, 5) is 43.5. The molecule has 2 amide bonds. The van der Waals surface area contributed by atoms with Crippen molar-refractivity contribution >= 4 is 40.8 Å². The lowest BCUT2D eigenvalue weighted by atomic mass is 10.1. The molecule has 0 aliphatic heterocycles. The van der Waals surface area contributed by atoms with E-state index < -0.39 is 34.8 Å². The molecule has 2 aromatic carbocycles. The summed E-state index contributed by atoms with van der Waals surface area (Å²) in [5.41, 5.74) is 3.47. The maximum atomic E-state index is 13.1. The third-order valence-electron chi connectivity index (χ3n) is 4.66. The smallest absolute Gasteiger partial charge is 0.418 e. The number of halogens is 3. The minimum Gasteiger partial charge on any atom is -0.493 e. The largest absolute Gasteiger partial charge is 0.493 e. The standard InChI is InChI=1S/C22H20F3N5O5S/c1-34-14-8-7-11(9-15(14)35-2)19(32)28-17-18(26)29-21(30-20(17)33)36-10-16(31)27-13-6-4-3-5-12(13)22(23,24)25/h3-9H,10H2,1-2H3,(H,27,31)(H,28,32)(H3,26,29,30,33). The molecule has 0 saturated carbocycles. The van der Waals surface area contributed by atoms with E-state index in [0.29, 0.717) is 11.5 Å². The van der Waals surface area contributed by atoms with Gasteiger partial charge in [-0.15, -0.1) is 0 Å². The van der Waals surface area contributed by atoms with Gasteiger partial charge in [0, 0.05) is 5.56 Å². The van der Waals surface area contributed by atoms with Gasteiger partial charge in [-0.25, -0.2) is 4.98 Å². The van der Waals surface area contributed by atoms with Crippen LogP contribution in [-0.4, -0.2) is 41.8 Å². The Balaban J connectivity index is 1.68. The average molecular weight is 523 g/mol. The Labute approximate surface area is 206 Å². The Morgan fingerprint density at radius 3 is 2.42 bits per heavy atom. The van der Waals surface area contributed by atoms with Gasteiger partial charge in [-0.05, 0) is 30.3 Å². The average Bonchev–Trinajstić information content (AvgIpc) is 2.84. The topological polar surface area (TPSA) is 148 Å². The van der Waals surface area contributed by atoms with E-state index in [9.17, 15) is 27.6 Å². The van der Waals surface area contributed by atoms with Crippen LogP contribution in [0.3, 0.4) is 0 Å². The van der Waals surface area contributed by atoms with Crippen molar-refractivity contribution in [2.24, 2.45) is 0 Å². The Morgan fingerprint density at radius 2 is 1.78 bits per heavy atom. The lowest BCUT2D eigenvalue weighted by Crippen LogP contribution is -2.23. The van der Waals surface area contributed by atoms with E-state index in [1.807, 2.05) is 0 Å². The number of nitrogens with two attached hydrogens (primary N) is 1. The van der Waals surface area contributed by atoms with Gasteiger partial charge in [-0.2, -0.15) is 13.2 Å². The van der Waals surface area contributed by atoms with Crippen molar-refractivity contribution in [2.75, 3.05) is 36.3 Å². The summed E-state index contributed by atoms with van der Waals surface area (Å²) >= 11 is 0.739. The van der Waals surface area contributed by atoms with Crippen LogP contribution in [0.15, 0.2) is 52.4 Å². The van der Waals surface area contributed by atoms with Gasteiger partial charge in [-0.3, -0.25) is 19.4 Å². The highest BCUT2D eigenvalue weighted by Gasteiger charge is 2.33. The van der Waals surface area contributed by atoms with Crippen molar-refractivity contribution in [3.05, 3.63) is 63.9 Å². The minimum absolute atomic E-state index is 0.0686. The molecular formula is C22H20F3N5O5S. The van der Waals surface area contributed by atoms with Crippen LogP contribution in [0.1, 0.15) is 15.9 Å². The van der Waals surface area contributed by atoms with E-state index in [1.165, 1.54) is 44.6 Å². The maximum absolute atomic E-state index is 13.1. The highest BCUT2D eigenvalue weighted by atomic mass is 32.2. The predicted octanol–water partition coefficient (Wildman–Crippen LogP) is 3.37. The maximum Gasteiger partial charge on any atom is 0.418 e. The number of aromatic nitrogens is 2. The van der Waals surface area contributed by atoms with Crippen LogP contribution in [0, 0.1) is 0 Å². The number of ether oxygens (including phenoxy) is 2. The van der Waals surface area contributed by atoms with Crippen molar-refractivity contribution < 1.29 is 32.2 Å². The Hall–Kier alpha value is -4.20. The number of nitrogens with one attached hydrogen (secondary N) is 3. The lowest BCUT2D eigenvalue weighted by Gasteiger charge is -2.13. The van der Waals surface area contributed by atoms with Crippen molar-refractivity contribution in [2.45, 2.75) is 11.3 Å². The quantitative estimate of drug-likeness (QED) is 0.259. The number of hydrogen-bond donors (Lipinski definition) is 4. The Kier molecular flexibility index (Phi) is 8.09. The Morgan fingerprint density at radius 1 is 1.08 bits per heavy atom. The van der Waals surface area contributed by atoms with Gasteiger partial charge in [0.05, 0.1) is 31.2 Å². The monoisotopic (exact) mass is 523 g/mol. The molecule has 0 radical (unpaired) electrons. The SMILES string of the molecule is COc1ccc(C(=O)Nc2c(N)nc(SCC(=O)Nc3ccccc3C(F)(F)F)[nH]c2=O)cc1OC. The number of benzene rings is 2. The van der Waals surface area contributed by atoms with Crippen molar-refractivity contribution in [1.29, 1.82) is 0 Å². The highest BCUT2D eigenvalue weighted by Crippen LogP contribution is 2.34. The first-order valence-corrected chi connectivity index (χ1v) is 11.0. The molecule has 36 heavy (non-hydrogen) atoms. The van der Waals surface area contributed by atoms with Gasteiger partial charge in [0.1, 0.15) is 5.69 Å². The normalized spacial score (nSPS) is 11.0. The number of amides is 2. The third kappa shape index (κ3) is 6.27. The van der Waals surface area contributed by atoms with E-state index in [1.54, 1.807) is 0 Å². The molecule has 3 aromatic rings. The van der Waals surface area contributed by atoms with E-state index in [0.717, 1.165) is 23.9 Å². The molecule has 3 rings (SSSR count). The number of nitrogen functional groups attached to an aromatic ring is 1. The molecule has 190 valence electrons. The number of alkyl halides is 3. The fourth-order valence-corrected chi connectivity index (χ4v) is 3.65. The van der Waals surface area contributed by atoms with Crippen molar-refractivity contribution in [1.82, 2.24) is 9.97 Å². The van der Waals surface area contributed by atoms with Gasteiger partial charge in [-0.1, -0.05) is 23.9 Å². The molecule has 0 bridgehead atoms. The number of carbonyl (C=O) groups excluding carboxylic acids is 2. The first-order valence-electron chi connectivity index (χ1n) is 10.1. The highest BCUT2D eigenvalue weighted by molar-refractivity contribution is 7.99. The van der Waals surface area contributed by atoms with Gasteiger partial charge in [0.2, 0.25) is 5.91 Å². The molecular weight excluding hydrogens is 503 g/mol. The van der Waals surface area contributed by atoms with E-state index in [2.05, 4.69) is 20.6 Å². The second kappa shape index (κ2) is 11.0. The molecule has 0 unspecified atom stereocenters. The molecule has 0 aliphatic rings. The summed E-state index contributed by atoms with van der Waals surface area (Å²) in [5, 5.41) is 4.48. The summed E-state index contributed by atoms with van der Waals surface area (Å²) < 4.78 is 49.5. The number of nitrogens with zero attached hydrogens (tertiary/aromatic N) is 1. The molecule has 0 atom stereocenters. The molecule has 1 aromatic heterocycles. The van der Waals surface area contributed by atoms with E-state index in [4.69, 9.17) is 15.2 Å². The fraction of sp³-hybridized carbons (Fsp3) is 0.182. The van der Waals surface area contributed by atoms with E-state index >= 15 is 0 Å². The predicted molar refractivity (Wildman–Crippen MR) is 128 cm³/mol. The molecule has 5 N–H and O–H groups in total. The summed E-state index contributed by atoms with van der Waals surface area (Å²) in [6.45, 7) is 0. The van der Waals surface area contributed by atoms with Crippen LogP contribution >= 0.6 is 11.8 Å². The fourth-order valence-electron chi connectivity index (χ4n) is 2.98. The molecule has 0 aliphatic carbocycles. The van der Waals surface area contributed by atoms with Gasteiger partial charge in [0.25, 0.3) is 11.5 Å². The number of carbonyl (C=O) groups is 2. The third-order valence-corrected chi connectivity index (χ3v) is 5.53. The number of H-pyrrole nitrogens is 1. The molecule has 0 fully saturated rings. The molecule has 0 saturated heterocycles. The lowest BCUT2D eigenvalue weighted by molar-refractivity contribution is -0.137. The summed E-state index contributed by atoms with van der Waals surface area (Å²) in [5.74, 6) is -1.42. The van der Waals surface area contributed by atoms with Crippen LogP contribution in [0.25, 0.3) is 0 Å². The zero-order valence-electron chi connectivity index (χ0n) is 18.9. The number of methoxy groups -OCH3 is 2. The first kappa shape index (κ1) is 26.4. The molecule has 1 heterocycles. The van der Waals surface area contributed by atoms with Crippen LogP contribution in [0.2, 0.25) is 0 Å². The van der Waals surface area contributed by atoms with Crippen LogP contribution < -0.4 is 31.4 Å². The summed E-state index contributed by atoms with van der Waals surface area (Å²) in [6.07, 6.45) is -4.64. The number of thioether (sulfide) groups is 1. The molecule has 10 nitrogen and oxygen atoms in total. The zero-order valence-corrected chi connectivity index (χ0v) is 19.7. The molecule has 0 spiro atoms. The zero-order chi connectivity index (χ0) is 26.5. The Bertz CT molecular complexity index is 1350.